The van der Waals surface area contributed by atoms with E-state index in [1.54, 1.807) is 0 Å². The van der Waals surface area contributed by atoms with Crippen LogP contribution in [0.25, 0.3) is 0 Å². The molecule has 110 valence electrons. The molecular formula is C13H7ClF4N2O. The zero-order valence-corrected chi connectivity index (χ0v) is 11.0. The van der Waals surface area contributed by atoms with Crippen molar-refractivity contribution in [3.63, 3.8) is 0 Å². The Morgan fingerprint density at radius 3 is 2.43 bits per heavy atom. The van der Waals surface area contributed by atoms with Crippen molar-refractivity contribution in [1.82, 2.24) is 4.98 Å². The number of carbonyl (C=O) groups excluding carboxylic acids is 1. The second-order valence-electron chi connectivity index (χ2n) is 3.96. The predicted molar refractivity (Wildman–Crippen MR) is 68.6 cm³/mol. The van der Waals surface area contributed by atoms with Crippen molar-refractivity contribution >= 4 is 23.3 Å². The smallest absolute Gasteiger partial charge is 0.306 e. The van der Waals surface area contributed by atoms with E-state index in [9.17, 15) is 22.4 Å². The van der Waals surface area contributed by atoms with E-state index < -0.39 is 29.0 Å². The van der Waals surface area contributed by atoms with Crippen molar-refractivity contribution in [1.29, 1.82) is 0 Å². The molecular weight excluding hydrogens is 312 g/mol. The van der Waals surface area contributed by atoms with Crippen LogP contribution < -0.4 is 5.32 Å². The first-order valence-corrected chi connectivity index (χ1v) is 5.96. The number of amides is 1. The third-order valence-corrected chi connectivity index (χ3v) is 2.72. The molecule has 1 aromatic heterocycles. The Bertz CT molecular complexity index is 688. The zero-order chi connectivity index (χ0) is 15.6. The first-order valence-electron chi connectivity index (χ1n) is 5.58. The van der Waals surface area contributed by atoms with Crippen LogP contribution in [0.4, 0.5) is 23.4 Å². The van der Waals surface area contributed by atoms with Crippen LogP contribution in [-0.2, 0) is 6.18 Å². The summed E-state index contributed by atoms with van der Waals surface area (Å²) in [6, 6.07) is 6.76. The number of anilines is 1. The van der Waals surface area contributed by atoms with Gasteiger partial charge in [0.05, 0.1) is 11.1 Å². The zero-order valence-electron chi connectivity index (χ0n) is 10.2. The number of halogens is 5. The third-order valence-electron chi connectivity index (χ3n) is 2.51. The number of benzene rings is 1. The van der Waals surface area contributed by atoms with Gasteiger partial charge in [0.2, 0.25) is 0 Å². The van der Waals surface area contributed by atoms with Crippen LogP contribution in [0.1, 0.15) is 15.9 Å². The summed E-state index contributed by atoms with van der Waals surface area (Å²) in [7, 11) is 0. The fourth-order valence-corrected chi connectivity index (χ4v) is 1.75. The number of nitrogens with one attached hydrogen (secondary N) is 1. The van der Waals surface area contributed by atoms with Gasteiger partial charge in [-0.15, -0.1) is 0 Å². The quantitative estimate of drug-likeness (QED) is 0.668. The summed E-state index contributed by atoms with van der Waals surface area (Å²) >= 11 is 5.61. The van der Waals surface area contributed by atoms with Gasteiger partial charge in [-0.1, -0.05) is 23.7 Å². The summed E-state index contributed by atoms with van der Waals surface area (Å²) in [6.07, 6.45) is -4.88. The summed E-state index contributed by atoms with van der Waals surface area (Å²) in [5.74, 6) is -2.68. The van der Waals surface area contributed by atoms with E-state index >= 15 is 0 Å². The first kappa shape index (κ1) is 15.2. The number of aromatic nitrogens is 1. The van der Waals surface area contributed by atoms with Gasteiger partial charge < -0.3 is 5.32 Å². The Kier molecular flexibility index (Phi) is 4.13. The van der Waals surface area contributed by atoms with Gasteiger partial charge in [-0.2, -0.15) is 13.2 Å². The molecule has 0 spiro atoms. The van der Waals surface area contributed by atoms with Crippen LogP contribution in [0.3, 0.4) is 0 Å². The van der Waals surface area contributed by atoms with Crippen molar-refractivity contribution in [3.05, 3.63) is 58.5 Å². The maximum Gasteiger partial charge on any atom is 0.419 e. The van der Waals surface area contributed by atoms with Crippen LogP contribution >= 0.6 is 11.6 Å². The van der Waals surface area contributed by atoms with E-state index in [2.05, 4.69) is 10.3 Å². The lowest BCUT2D eigenvalue weighted by Crippen LogP contribution is -2.18. The number of hydrogen-bond donors (Lipinski definition) is 1. The average molecular weight is 319 g/mol. The topological polar surface area (TPSA) is 42.0 Å². The minimum absolute atomic E-state index is 0.00399. The van der Waals surface area contributed by atoms with Crippen LogP contribution in [0.2, 0.25) is 5.15 Å². The van der Waals surface area contributed by atoms with E-state index in [1.807, 2.05) is 0 Å². The highest BCUT2D eigenvalue weighted by atomic mass is 35.5. The Labute approximate surface area is 121 Å². The number of hydrogen-bond acceptors (Lipinski definition) is 2. The van der Waals surface area contributed by atoms with Crippen LogP contribution in [0.15, 0.2) is 36.4 Å². The van der Waals surface area contributed by atoms with Gasteiger partial charge >= 0.3 is 6.18 Å². The average Bonchev–Trinajstić information content (AvgIpc) is 2.37. The molecule has 0 aliphatic carbocycles. The highest BCUT2D eigenvalue weighted by Crippen LogP contribution is 2.32. The van der Waals surface area contributed by atoms with E-state index in [4.69, 9.17) is 11.6 Å². The number of rotatable bonds is 2. The van der Waals surface area contributed by atoms with Crippen LogP contribution in [0.5, 0.6) is 0 Å². The molecule has 0 bridgehead atoms. The largest absolute Gasteiger partial charge is 0.419 e. The second-order valence-corrected chi connectivity index (χ2v) is 4.35. The fourth-order valence-electron chi connectivity index (χ4n) is 1.59. The van der Waals surface area contributed by atoms with Gasteiger partial charge in [0.15, 0.2) is 0 Å². The molecule has 0 aliphatic heterocycles. The van der Waals surface area contributed by atoms with Gasteiger partial charge in [-0.25, -0.2) is 9.37 Å². The van der Waals surface area contributed by atoms with E-state index in [1.165, 1.54) is 18.2 Å². The molecule has 2 rings (SSSR count). The molecule has 0 saturated heterocycles. The molecule has 1 N–H and O–H groups in total. The maximum absolute atomic E-state index is 13.8. The Morgan fingerprint density at radius 1 is 1.14 bits per heavy atom. The Balaban J connectivity index is 2.32. The monoisotopic (exact) mass is 318 g/mol. The summed E-state index contributed by atoms with van der Waals surface area (Å²) in [5, 5.41) is 2.26. The molecule has 8 heteroatoms. The Hall–Kier alpha value is -2.15. The molecule has 21 heavy (non-hydrogen) atoms. The van der Waals surface area contributed by atoms with E-state index in [0.717, 1.165) is 12.1 Å². The molecule has 3 nitrogen and oxygen atoms in total. The van der Waals surface area contributed by atoms with Crippen molar-refractivity contribution in [2.24, 2.45) is 0 Å². The van der Waals surface area contributed by atoms with Gasteiger partial charge in [0.25, 0.3) is 5.91 Å². The highest BCUT2D eigenvalue weighted by Gasteiger charge is 2.35. The SMILES string of the molecule is O=C(Nc1cccc(Cl)n1)c1cccc(C(F)(F)F)c1F. The number of carbonyl (C=O) groups is 1. The van der Waals surface area contributed by atoms with E-state index in [-0.39, 0.29) is 11.0 Å². The lowest BCUT2D eigenvalue weighted by atomic mass is 10.1. The summed E-state index contributed by atoms with van der Waals surface area (Å²) in [6.45, 7) is 0. The number of nitrogens with zero attached hydrogens (tertiary/aromatic N) is 1. The second kappa shape index (κ2) is 5.69. The molecule has 0 atom stereocenters. The molecule has 0 saturated carbocycles. The molecule has 0 fully saturated rings. The Morgan fingerprint density at radius 2 is 1.81 bits per heavy atom. The van der Waals surface area contributed by atoms with Crippen LogP contribution in [0, 0.1) is 5.82 Å². The highest BCUT2D eigenvalue weighted by molar-refractivity contribution is 6.29. The normalized spacial score (nSPS) is 11.3. The minimum Gasteiger partial charge on any atom is -0.306 e. The van der Waals surface area contributed by atoms with Gasteiger partial charge in [-0.05, 0) is 24.3 Å². The summed E-state index contributed by atoms with van der Waals surface area (Å²) in [5.41, 5.74) is -2.24. The third kappa shape index (κ3) is 3.49. The fraction of sp³-hybridized carbons (Fsp3) is 0.0769. The predicted octanol–water partition coefficient (Wildman–Crippen LogP) is 4.15. The molecule has 2 aromatic rings. The molecule has 1 aromatic carbocycles. The van der Waals surface area contributed by atoms with E-state index in [0.29, 0.717) is 6.07 Å². The lowest BCUT2D eigenvalue weighted by molar-refractivity contribution is -0.140. The van der Waals surface area contributed by atoms with Gasteiger partial charge in [0.1, 0.15) is 16.8 Å². The molecule has 0 aliphatic rings. The minimum atomic E-state index is -4.88. The lowest BCUT2D eigenvalue weighted by Gasteiger charge is -2.11. The van der Waals surface area contributed by atoms with Crippen molar-refractivity contribution in [2.45, 2.75) is 6.18 Å². The van der Waals surface area contributed by atoms with Crippen molar-refractivity contribution in [2.75, 3.05) is 5.32 Å². The number of pyridine rings is 1. The molecule has 0 radical (unpaired) electrons. The molecule has 0 unspecified atom stereocenters. The van der Waals surface area contributed by atoms with Crippen LogP contribution in [-0.4, -0.2) is 10.9 Å². The van der Waals surface area contributed by atoms with Crippen molar-refractivity contribution < 1.29 is 22.4 Å². The van der Waals surface area contributed by atoms with Crippen molar-refractivity contribution in [3.8, 4) is 0 Å². The summed E-state index contributed by atoms with van der Waals surface area (Å²) < 4.78 is 51.5. The van der Waals surface area contributed by atoms with Gasteiger partial charge in [-0.3, -0.25) is 4.79 Å². The standard InChI is InChI=1S/C13H7ClF4N2O/c14-9-5-2-6-10(19-9)20-12(21)7-3-1-4-8(11(7)15)13(16,17)18/h1-6H,(H,19,20,21). The maximum atomic E-state index is 13.8. The number of alkyl halides is 3. The first-order chi connectivity index (χ1) is 9.79. The molecule has 1 heterocycles. The summed E-state index contributed by atoms with van der Waals surface area (Å²) in [4.78, 5) is 15.6. The molecule has 1 amide bonds. The van der Waals surface area contributed by atoms with Gasteiger partial charge in [0, 0.05) is 0 Å².